The van der Waals surface area contributed by atoms with Gasteiger partial charge in [0.05, 0.1) is 7.11 Å². The van der Waals surface area contributed by atoms with Crippen LogP contribution in [-0.4, -0.2) is 59.1 Å². The van der Waals surface area contributed by atoms with Crippen molar-refractivity contribution in [3.8, 4) is 6.01 Å². The summed E-state index contributed by atoms with van der Waals surface area (Å²) in [7, 11) is 3.79. The van der Waals surface area contributed by atoms with E-state index in [9.17, 15) is 0 Å². The number of likely N-dealkylation sites (N-methyl/N-ethyl adjacent to an activating group) is 1. The first kappa shape index (κ1) is 10.9. The highest BCUT2D eigenvalue weighted by molar-refractivity contribution is 5.10. The van der Waals surface area contributed by atoms with Gasteiger partial charge in [0, 0.05) is 49.7 Å². The fraction of sp³-hybridized carbons (Fsp3) is 0.667. The molecule has 2 fully saturated rings. The van der Waals surface area contributed by atoms with E-state index in [1.807, 2.05) is 12.4 Å². The number of hydrogen-bond donors (Lipinski definition) is 0. The van der Waals surface area contributed by atoms with E-state index in [4.69, 9.17) is 4.74 Å². The van der Waals surface area contributed by atoms with Crippen molar-refractivity contribution in [2.75, 3.05) is 27.2 Å². The van der Waals surface area contributed by atoms with E-state index in [0.717, 1.165) is 18.6 Å². The Bertz CT molecular complexity index is 382. The largest absolute Gasteiger partial charge is 0.467 e. The molecular weight excluding hydrogens is 216 g/mol. The second-order valence-corrected chi connectivity index (χ2v) is 5.01. The number of piperazine rings is 1. The second-order valence-electron chi connectivity index (χ2n) is 5.01. The molecule has 0 N–H and O–H groups in total. The normalized spacial score (nSPS) is 28.8. The maximum absolute atomic E-state index is 4.96. The standard InChI is InChI=1S/C12H18N4O/c1-15-7-10-3-11(8-15)16(10)6-9-4-13-12(17-2)14-5-9/h4-5,10-11H,3,6-8H2,1-2H3. The number of likely N-dealkylation sites (tertiary alicyclic amines) is 2. The average molecular weight is 234 g/mol. The van der Waals surface area contributed by atoms with Crippen molar-refractivity contribution in [1.82, 2.24) is 19.8 Å². The fourth-order valence-electron chi connectivity index (χ4n) is 2.90. The fourth-order valence-corrected chi connectivity index (χ4v) is 2.90. The van der Waals surface area contributed by atoms with Crippen LogP contribution in [0.1, 0.15) is 12.0 Å². The van der Waals surface area contributed by atoms with Gasteiger partial charge in [0.1, 0.15) is 0 Å². The number of methoxy groups -OCH3 is 1. The highest BCUT2D eigenvalue weighted by Crippen LogP contribution is 2.32. The average Bonchev–Trinajstić information content (AvgIpc) is 2.36. The molecule has 0 aromatic carbocycles. The molecule has 0 aliphatic carbocycles. The Morgan fingerprint density at radius 3 is 2.53 bits per heavy atom. The van der Waals surface area contributed by atoms with Gasteiger partial charge in [-0.2, -0.15) is 0 Å². The van der Waals surface area contributed by atoms with Crippen LogP contribution in [0.2, 0.25) is 0 Å². The maximum atomic E-state index is 4.96. The number of rotatable bonds is 3. The van der Waals surface area contributed by atoms with Crippen LogP contribution < -0.4 is 4.74 Å². The van der Waals surface area contributed by atoms with Gasteiger partial charge in [-0.1, -0.05) is 0 Å². The molecule has 2 aliphatic heterocycles. The first-order valence-corrected chi connectivity index (χ1v) is 6.05. The number of hydrogen-bond acceptors (Lipinski definition) is 5. The van der Waals surface area contributed by atoms with E-state index in [1.54, 1.807) is 7.11 Å². The van der Waals surface area contributed by atoms with Crippen LogP contribution in [-0.2, 0) is 6.54 Å². The van der Waals surface area contributed by atoms with Crippen molar-refractivity contribution in [2.45, 2.75) is 25.0 Å². The summed E-state index contributed by atoms with van der Waals surface area (Å²) in [5.74, 6) is 0. The minimum absolute atomic E-state index is 0.442. The van der Waals surface area contributed by atoms with Gasteiger partial charge < -0.3 is 9.64 Å². The molecule has 0 amide bonds. The smallest absolute Gasteiger partial charge is 0.316 e. The lowest BCUT2D eigenvalue weighted by molar-refractivity contribution is -0.0669. The highest BCUT2D eigenvalue weighted by Gasteiger charge is 2.43. The topological polar surface area (TPSA) is 41.5 Å². The van der Waals surface area contributed by atoms with E-state index in [0.29, 0.717) is 6.01 Å². The molecule has 3 rings (SSSR count). The van der Waals surface area contributed by atoms with Gasteiger partial charge in [-0.05, 0) is 13.5 Å². The highest BCUT2D eigenvalue weighted by atomic mass is 16.5. The molecule has 2 saturated heterocycles. The van der Waals surface area contributed by atoms with E-state index in [-0.39, 0.29) is 0 Å². The predicted octanol–water partition coefficient (Wildman–Crippen LogP) is 0.373. The summed E-state index contributed by atoms with van der Waals surface area (Å²) in [6.07, 6.45) is 5.08. The number of aromatic nitrogens is 2. The lowest BCUT2D eigenvalue weighted by Gasteiger charge is -2.55. The van der Waals surface area contributed by atoms with Gasteiger partial charge in [-0.25, -0.2) is 9.97 Å². The van der Waals surface area contributed by atoms with Crippen LogP contribution >= 0.6 is 0 Å². The molecule has 5 heteroatoms. The van der Waals surface area contributed by atoms with Crippen LogP contribution in [0, 0.1) is 0 Å². The summed E-state index contributed by atoms with van der Waals surface area (Å²) in [4.78, 5) is 13.3. The van der Waals surface area contributed by atoms with Crippen molar-refractivity contribution in [3.05, 3.63) is 18.0 Å². The number of ether oxygens (including phenoxy) is 1. The van der Waals surface area contributed by atoms with Crippen molar-refractivity contribution < 1.29 is 4.74 Å². The van der Waals surface area contributed by atoms with Crippen molar-refractivity contribution in [1.29, 1.82) is 0 Å². The summed E-state index contributed by atoms with van der Waals surface area (Å²) in [5, 5.41) is 0. The predicted molar refractivity (Wildman–Crippen MR) is 63.8 cm³/mol. The van der Waals surface area contributed by atoms with Crippen molar-refractivity contribution in [2.24, 2.45) is 0 Å². The van der Waals surface area contributed by atoms with Gasteiger partial charge >= 0.3 is 6.01 Å². The van der Waals surface area contributed by atoms with Crippen molar-refractivity contribution >= 4 is 0 Å². The summed E-state index contributed by atoms with van der Waals surface area (Å²) in [6, 6.07) is 1.89. The molecule has 92 valence electrons. The quantitative estimate of drug-likeness (QED) is 0.756. The lowest BCUT2D eigenvalue weighted by Crippen LogP contribution is -2.67. The van der Waals surface area contributed by atoms with Gasteiger partial charge in [0.15, 0.2) is 0 Å². The minimum Gasteiger partial charge on any atom is -0.467 e. The van der Waals surface area contributed by atoms with E-state index >= 15 is 0 Å². The Morgan fingerprint density at radius 1 is 1.29 bits per heavy atom. The zero-order chi connectivity index (χ0) is 11.8. The third kappa shape index (κ3) is 2.00. The Balaban J connectivity index is 1.64. The molecule has 17 heavy (non-hydrogen) atoms. The Hall–Kier alpha value is -1.20. The molecule has 2 atom stereocenters. The molecule has 1 aromatic heterocycles. The Labute approximate surface area is 101 Å². The zero-order valence-corrected chi connectivity index (χ0v) is 10.3. The van der Waals surface area contributed by atoms with Crippen LogP contribution in [0.4, 0.5) is 0 Å². The zero-order valence-electron chi connectivity index (χ0n) is 10.3. The molecule has 1 aromatic rings. The van der Waals surface area contributed by atoms with Crippen LogP contribution in [0.15, 0.2) is 12.4 Å². The van der Waals surface area contributed by atoms with Gasteiger partial charge in [0.2, 0.25) is 0 Å². The lowest BCUT2D eigenvalue weighted by atomic mass is 9.87. The molecule has 0 radical (unpaired) electrons. The second kappa shape index (κ2) is 4.23. The first-order chi connectivity index (χ1) is 8.26. The third-order valence-corrected chi connectivity index (χ3v) is 3.76. The molecule has 2 aliphatic rings. The summed E-state index contributed by atoms with van der Waals surface area (Å²) in [5.41, 5.74) is 1.17. The van der Waals surface area contributed by atoms with Crippen LogP contribution in [0.25, 0.3) is 0 Å². The monoisotopic (exact) mass is 234 g/mol. The molecule has 0 spiro atoms. The SMILES string of the molecule is COc1ncc(CN2C3CC2CN(C)C3)cn1. The number of fused-ring (bicyclic) bond motifs is 2. The summed E-state index contributed by atoms with van der Waals surface area (Å²) >= 11 is 0. The van der Waals surface area contributed by atoms with Crippen molar-refractivity contribution in [3.63, 3.8) is 0 Å². The summed E-state index contributed by atoms with van der Waals surface area (Å²) < 4.78 is 4.96. The van der Waals surface area contributed by atoms with Crippen LogP contribution in [0.5, 0.6) is 6.01 Å². The van der Waals surface area contributed by atoms with Gasteiger partial charge in [-0.15, -0.1) is 0 Å². The minimum atomic E-state index is 0.442. The third-order valence-electron chi connectivity index (χ3n) is 3.76. The molecule has 0 saturated carbocycles. The van der Waals surface area contributed by atoms with Gasteiger partial charge in [0.25, 0.3) is 0 Å². The van der Waals surface area contributed by atoms with Gasteiger partial charge in [-0.3, -0.25) is 4.90 Å². The van der Waals surface area contributed by atoms with Crippen LogP contribution in [0.3, 0.4) is 0 Å². The Kier molecular flexibility index (Phi) is 2.72. The first-order valence-electron chi connectivity index (χ1n) is 6.05. The number of nitrogens with zero attached hydrogens (tertiary/aromatic N) is 4. The Morgan fingerprint density at radius 2 is 1.94 bits per heavy atom. The molecule has 5 nitrogen and oxygen atoms in total. The van der Waals surface area contributed by atoms with E-state index in [1.165, 1.54) is 25.1 Å². The maximum Gasteiger partial charge on any atom is 0.316 e. The number of piperidine rings is 1. The molecular formula is C12H18N4O. The summed E-state index contributed by atoms with van der Waals surface area (Å²) in [6.45, 7) is 3.34. The van der Waals surface area contributed by atoms with E-state index in [2.05, 4.69) is 26.8 Å². The molecule has 3 heterocycles. The molecule has 2 unspecified atom stereocenters. The van der Waals surface area contributed by atoms with E-state index < -0.39 is 0 Å². The molecule has 2 bridgehead atoms.